The lowest BCUT2D eigenvalue weighted by Gasteiger charge is -2.24. The van der Waals surface area contributed by atoms with E-state index in [1.807, 2.05) is 0 Å². The van der Waals surface area contributed by atoms with Gasteiger partial charge in [0, 0.05) is 11.1 Å². The molecule has 4 N–H and O–H groups in total. The van der Waals surface area contributed by atoms with Crippen molar-refractivity contribution in [2.45, 2.75) is 19.6 Å². The van der Waals surface area contributed by atoms with Crippen LogP contribution in [0.3, 0.4) is 0 Å². The van der Waals surface area contributed by atoms with E-state index in [1.165, 1.54) is 0 Å². The molecule has 0 fully saturated rings. The Hall–Kier alpha value is -1.76. The Morgan fingerprint density at radius 3 is 0.711 bits per heavy atom. The average molecular weight is 752 g/mol. The highest BCUT2D eigenvalue weighted by atomic mass is 79.9. The van der Waals surface area contributed by atoms with E-state index in [0.717, 1.165) is 28.4 Å². The van der Waals surface area contributed by atoms with Crippen LogP contribution < -0.4 is 18.9 Å². The van der Waals surface area contributed by atoms with Gasteiger partial charge in [-0.05, 0) is 31.9 Å². The van der Waals surface area contributed by atoms with Gasteiger partial charge in [0.25, 0.3) is 40.5 Å². The van der Waals surface area contributed by atoms with Gasteiger partial charge in [-0.15, -0.1) is 0 Å². The Morgan fingerprint density at radius 2 is 0.605 bits per heavy atom. The van der Waals surface area contributed by atoms with Gasteiger partial charge >= 0.3 is 0 Å². The zero-order valence-corrected chi connectivity index (χ0v) is 25.5. The summed E-state index contributed by atoms with van der Waals surface area (Å²) in [5, 5.41) is 0. The first-order chi connectivity index (χ1) is 17.1. The summed E-state index contributed by atoms with van der Waals surface area (Å²) in [6, 6.07) is 0. The van der Waals surface area contributed by atoms with Gasteiger partial charge in [0.05, 0.1) is 28.4 Å². The van der Waals surface area contributed by atoms with E-state index >= 15 is 0 Å². The van der Waals surface area contributed by atoms with E-state index in [-0.39, 0.29) is 0 Å². The first-order valence-electron chi connectivity index (χ1n) is 8.96. The molecule has 0 aliphatic heterocycles. The Labute approximate surface area is 233 Å². The molecule has 0 saturated heterocycles. The standard InChI is InChI=1S/C16H16Br2O16S4/c1-31-9-7(17)10(32-2)14(36(22,23)24)5(13(9)35(19,20)21)6-15(37(25,26)27)11(33-3)8(18)12(34-4)16(6)38(28,29)30/h1-4H3,(H,19,20,21)(H,22,23,24)(H,25,26,27)(H,28,29,30). The Kier molecular flexibility index (Phi) is 9.11. The third-order valence-corrected chi connectivity index (χ3v) is 9.69. The van der Waals surface area contributed by atoms with Crippen LogP contribution in [-0.2, 0) is 40.5 Å². The minimum atomic E-state index is -5.76. The maximum absolute atomic E-state index is 12.6. The molecule has 0 aromatic heterocycles. The van der Waals surface area contributed by atoms with Gasteiger partial charge in [0.1, 0.15) is 28.5 Å². The molecule has 16 nitrogen and oxygen atoms in total. The molecule has 0 saturated carbocycles. The van der Waals surface area contributed by atoms with Crippen LogP contribution in [0.15, 0.2) is 28.5 Å². The second-order valence-electron chi connectivity index (χ2n) is 6.73. The number of hydrogen-bond acceptors (Lipinski definition) is 12. The van der Waals surface area contributed by atoms with E-state index in [0.29, 0.717) is 0 Å². The van der Waals surface area contributed by atoms with Crippen LogP contribution in [0, 0.1) is 0 Å². The Balaban J connectivity index is 3.87. The molecule has 0 aliphatic rings. The van der Waals surface area contributed by atoms with Gasteiger partial charge < -0.3 is 18.9 Å². The van der Waals surface area contributed by atoms with E-state index in [9.17, 15) is 51.9 Å². The normalized spacial score (nSPS) is 12.8. The Bertz CT molecular complexity index is 1510. The molecule has 22 heteroatoms. The molecule has 2 aromatic carbocycles. The smallest absolute Gasteiger partial charge is 0.298 e. The monoisotopic (exact) mass is 750 g/mol. The van der Waals surface area contributed by atoms with Crippen LogP contribution in [0.1, 0.15) is 0 Å². The molecule has 0 aliphatic carbocycles. The predicted octanol–water partition coefficient (Wildman–Crippen LogP) is 1.90. The van der Waals surface area contributed by atoms with E-state index in [1.54, 1.807) is 0 Å². The van der Waals surface area contributed by atoms with Gasteiger partial charge in [-0.25, -0.2) is 0 Å². The minimum absolute atomic E-state index is 0.677. The molecule has 0 unspecified atom stereocenters. The fourth-order valence-corrected chi connectivity index (χ4v) is 9.05. The molecule has 0 spiro atoms. The summed E-state index contributed by atoms with van der Waals surface area (Å²) in [5.74, 6) is -3.96. The van der Waals surface area contributed by atoms with Crippen molar-refractivity contribution >= 4 is 72.3 Å². The molecule has 38 heavy (non-hydrogen) atoms. The molecule has 0 amide bonds. The zero-order chi connectivity index (χ0) is 29.8. The summed E-state index contributed by atoms with van der Waals surface area (Å²) in [6.45, 7) is 0. The van der Waals surface area contributed by atoms with Gasteiger partial charge in [-0.1, -0.05) is 0 Å². The van der Waals surface area contributed by atoms with Crippen LogP contribution in [-0.4, -0.2) is 80.3 Å². The summed E-state index contributed by atoms with van der Waals surface area (Å²) in [6.07, 6.45) is 0. The SMILES string of the molecule is COc1c(Br)c(OC)c(S(=O)(=O)O)c(-c2c(S(=O)(=O)O)c(OC)c(Br)c(OC)c2S(=O)(=O)O)c1S(=O)(=O)O. The lowest BCUT2D eigenvalue weighted by molar-refractivity contribution is 0.365. The van der Waals surface area contributed by atoms with Crippen LogP contribution in [0.2, 0.25) is 0 Å². The number of halogens is 2. The highest BCUT2D eigenvalue weighted by Gasteiger charge is 2.44. The van der Waals surface area contributed by atoms with Gasteiger partial charge in [-0.2, -0.15) is 33.7 Å². The average Bonchev–Trinajstić information content (AvgIpc) is 2.74. The number of rotatable bonds is 9. The number of methoxy groups -OCH3 is 4. The van der Waals surface area contributed by atoms with Crippen LogP contribution in [0.4, 0.5) is 0 Å². The van der Waals surface area contributed by atoms with E-state index in [2.05, 4.69) is 31.9 Å². The number of ether oxygens (including phenoxy) is 4. The van der Waals surface area contributed by atoms with Crippen molar-refractivity contribution in [2.75, 3.05) is 28.4 Å². The van der Waals surface area contributed by atoms with Crippen molar-refractivity contribution in [3.63, 3.8) is 0 Å². The second-order valence-corrected chi connectivity index (χ2v) is 13.7. The van der Waals surface area contributed by atoms with Gasteiger partial charge in [-0.3, -0.25) is 18.2 Å². The molecule has 0 radical (unpaired) electrons. The van der Waals surface area contributed by atoms with Crippen molar-refractivity contribution in [1.82, 2.24) is 0 Å². The van der Waals surface area contributed by atoms with Crippen LogP contribution >= 0.6 is 31.9 Å². The van der Waals surface area contributed by atoms with Crippen molar-refractivity contribution in [3.8, 4) is 34.1 Å². The summed E-state index contributed by atoms with van der Waals surface area (Å²) in [5.41, 5.74) is -3.28. The first-order valence-corrected chi connectivity index (χ1v) is 16.3. The quantitative estimate of drug-likeness (QED) is 0.267. The fraction of sp³-hybridized carbons (Fsp3) is 0.250. The summed E-state index contributed by atoms with van der Waals surface area (Å²) in [4.78, 5) is -6.61. The van der Waals surface area contributed by atoms with Crippen LogP contribution in [0.5, 0.6) is 23.0 Å². The molecular weight excluding hydrogens is 736 g/mol. The first kappa shape index (κ1) is 32.5. The fourth-order valence-electron chi connectivity index (χ4n) is 3.43. The Morgan fingerprint density at radius 1 is 0.447 bits per heavy atom. The minimum Gasteiger partial charge on any atom is -0.494 e. The maximum Gasteiger partial charge on any atom is 0.298 e. The molecule has 0 heterocycles. The number of hydrogen-bond donors (Lipinski definition) is 4. The summed E-state index contributed by atoms with van der Waals surface area (Å²) < 4.78 is 159. The van der Waals surface area contributed by atoms with Gasteiger partial charge in [0.2, 0.25) is 0 Å². The van der Waals surface area contributed by atoms with Gasteiger partial charge in [0.15, 0.2) is 23.0 Å². The maximum atomic E-state index is 12.6. The zero-order valence-electron chi connectivity index (χ0n) is 19.1. The highest BCUT2D eigenvalue weighted by Crippen LogP contribution is 2.57. The second kappa shape index (κ2) is 10.7. The van der Waals surface area contributed by atoms with Crippen molar-refractivity contribution in [2.24, 2.45) is 0 Å². The third-order valence-electron chi connectivity index (χ3n) is 4.63. The van der Waals surface area contributed by atoms with Crippen molar-refractivity contribution in [1.29, 1.82) is 0 Å². The lowest BCUT2D eigenvalue weighted by Crippen LogP contribution is -2.17. The highest BCUT2D eigenvalue weighted by molar-refractivity contribution is 9.11. The molecule has 0 bridgehead atoms. The number of benzene rings is 2. The van der Waals surface area contributed by atoms with E-state index < -0.39 is 103 Å². The summed E-state index contributed by atoms with van der Waals surface area (Å²) in [7, 11) is -19.8. The topological polar surface area (TPSA) is 254 Å². The molecule has 214 valence electrons. The molecule has 2 aromatic rings. The predicted molar refractivity (Wildman–Crippen MR) is 133 cm³/mol. The third kappa shape index (κ3) is 5.59. The molecule has 0 atom stereocenters. The van der Waals surface area contributed by atoms with E-state index in [4.69, 9.17) is 18.9 Å². The summed E-state index contributed by atoms with van der Waals surface area (Å²) >= 11 is 5.57. The lowest BCUT2D eigenvalue weighted by atomic mass is 10.0. The van der Waals surface area contributed by atoms with Crippen LogP contribution in [0.25, 0.3) is 11.1 Å². The molecular formula is C16H16Br2O16S4. The molecule has 2 rings (SSSR count). The van der Waals surface area contributed by atoms with Crippen molar-refractivity contribution < 1.29 is 70.8 Å². The largest absolute Gasteiger partial charge is 0.494 e. The van der Waals surface area contributed by atoms with Crippen molar-refractivity contribution in [3.05, 3.63) is 8.95 Å².